The second-order valence-electron chi connectivity index (χ2n) is 6.88. The molecule has 1 aliphatic heterocycles. The van der Waals surface area contributed by atoms with E-state index < -0.39 is 0 Å². The summed E-state index contributed by atoms with van der Waals surface area (Å²) in [7, 11) is 0. The van der Waals surface area contributed by atoms with Crippen molar-refractivity contribution in [1.82, 2.24) is 20.2 Å². The first kappa shape index (κ1) is 21.6. The Morgan fingerprint density at radius 3 is 2.50 bits per heavy atom. The van der Waals surface area contributed by atoms with Crippen LogP contribution in [0.15, 0.2) is 42.5 Å². The van der Waals surface area contributed by atoms with Crippen LogP contribution in [0.3, 0.4) is 0 Å². The monoisotopic (exact) mass is 552 g/mol. The van der Waals surface area contributed by atoms with E-state index in [1.54, 1.807) is 22.9 Å². The van der Waals surface area contributed by atoms with Crippen molar-refractivity contribution in [2.45, 2.75) is 6.92 Å². The Morgan fingerprint density at radius 1 is 1.13 bits per heavy atom. The molecule has 1 aromatic heterocycles. The Hall–Kier alpha value is -1.65. The smallest absolute Gasteiger partial charge is 0.286 e. The number of benzene rings is 2. The van der Waals surface area contributed by atoms with Gasteiger partial charge in [0.05, 0.1) is 29.6 Å². The van der Waals surface area contributed by atoms with Gasteiger partial charge in [0.1, 0.15) is 0 Å². The van der Waals surface area contributed by atoms with E-state index in [1.807, 2.05) is 36.2 Å². The number of aromatic nitrogens is 2. The van der Waals surface area contributed by atoms with Gasteiger partial charge in [-0.25, -0.2) is 9.69 Å². The van der Waals surface area contributed by atoms with Crippen LogP contribution in [0.5, 0.6) is 0 Å². The fraction of sp³-hybridized carbons (Fsp3) is 0.238. The van der Waals surface area contributed by atoms with E-state index in [9.17, 15) is 4.79 Å². The largest absolute Gasteiger partial charge is 0.379 e. The number of halogens is 3. The predicted octanol–water partition coefficient (Wildman–Crippen LogP) is 4.74. The van der Waals surface area contributed by atoms with Crippen molar-refractivity contribution in [3.8, 4) is 16.9 Å². The summed E-state index contributed by atoms with van der Waals surface area (Å²) in [6, 6.07) is 13.3. The highest BCUT2D eigenvalue weighted by molar-refractivity contribution is 14.1. The van der Waals surface area contributed by atoms with Crippen LogP contribution < -0.4 is 5.43 Å². The molecule has 0 unspecified atom stereocenters. The molecule has 4 rings (SSSR count). The highest BCUT2D eigenvalue weighted by Crippen LogP contribution is 2.33. The summed E-state index contributed by atoms with van der Waals surface area (Å²) >= 11 is 14.8. The predicted molar refractivity (Wildman–Crippen MR) is 126 cm³/mol. The number of morpholine rings is 1. The lowest BCUT2D eigenvalue weighted by Gasteiger charge is -2.26. The van der Waals surface area contributed by atoms with Crippen LogP contribution in [0.25, 0.3) is 16.9 Å². The molecule has 1 aliphatic rings. The molecule has 2 aromatic carbocycles. The molecule has 0 radical (unpaired) electrons. The highest BCUT2D eigenvalue weighted by atomic mass is 123. The second kappa shape index (κ2) is 9.23. The summed E-state index contributed by atoms with van der Waals surface area (Å²) < 4.78 is 8.18. The third-order valence-corrected chi connectivity index (χ3v) is 6.12. The molecule has 0 bridgehead atoms. The van der Waals surface area contributed by atoms with Crippen LogP contribution in [-0.2, 0) is 4.74 Å². The van der Waals surface area contributed by atoms with Crippen LogP contribution in [0.1, 0.15) is 16.1 Å². The first-order valence-electron chi connectivity index (χ1n) is 9.38. The van der Waals surface area contributed by atoms with E-state index in [4.69, 9.17) is 27.9 Å². The van der Waals surface area contributed by atoms with Crippen LogP contribution in [0, 0.1) is 10.5 Å². The summed E-state index contributed by atoms with van der Waals surface area (Å²) in [6.45, 7) is 4.34. The van der Waals surface area contributed by atoms with Crippen LogP contribution >= 0.6 is 45.8 Å². The van der Waals surface area contributed by atoms with Crippen molar-refractivity contribution in [3.05, 3.63) is 67.3 Å². The minimum Gasteiger partial charge on any atom is -0.379 e. The van der Waals surface area contributed by atoms with Gasteiger partial charge in [-0.1, -0.05) is 35.3 Å². The summed E-state index contributed by atoms with van der Waals surface area (Å²) in [5.74, 6) is -0.259. The lowest BCUT2D eigenvalue weighted by atomic mass is 10.1. The first-order chi connectivity index (χ1) is 14.4. The number of carbonyl (C=O) groups excluding carboxylic acids is 1. The molecule has 1 amide bonds. The lowest BCUT2D eigenvalue weighted by Crippen LogP contribution is -2.48. The molecule has 3 aromatic rings. The van der Waals surface area contributed by atoms with Gasteiger partial charge in [-0.05, 0) is 59.8 Å². The maximum absolute atomic E-state index is 13.0. The molecule has 0 saturated carbocycles. The van der Waals surface area contributed by atoms with Crippen molar-refractivity contribution >= 4 is 51.7 Å². The van der Waals surface area contributed by atoms with Gasteiger partial charge in [-0.15, -0.1) is 0 Å². The van der Waals surface area contributed by atoms with Gasteiger partial charge in [-0.3, -0.25) is 10.2 Å². The Kier molecular flexibility index (Phi) is 6.64. The third kappa shape index (κ3) is 4.50. The number of ether oxygens (including phenoxy) is 1. The van der Waals surface area contributed by atoms with Gasteiger partial charge < -0.3 is 4.74 Å². The molecule has 1 fully saturated rings. The second-order valence-corrected chi connectivity index (χ2v) is 8.97. The van der Waals surface area contributed by atoms with Gasteiger partial charge in [0.15, 0.2) is 5.69 Å². The average molecular weight is 553 g/mol. The number of amides is 1. The Bertz CT molecular complexity index is 1080. The number of nitrogens with one attached hydrogen (secondary N) is 1. The first-order valence-corrected chi connectivity index (χ1v) is 11.2. The molecular formula is C21H19Cl2IN4O2. The standard InChI is InChI=1S/C21H19Cl2IN4O2/c1-13-19(21(29)26-27-8-10-30-11-9-27)25-28(18-7-4-15(22)12-17(18)23)20(13)14-2-5-16(24)6-3-14/h2-7,12H,8-11H2,1H3,(H,26,29)/i24-4. The molecule has 30 heavy (non-hydrogen) atoms. The van der Waals surface area contributed by atoms with Gasteiger partial charge in [0.2, 0.25) is 0 Å². The van der Waals surface area contributed by atoms with E-state index in [-0.39, 0.29) is 5.91 Å². The van der Waals surface area contributed by atoms with Crippen molar-refractivity contribution in [3.63, 3.8) is 0 Å². The van der Waals surface area contributed by atoms with E-state index in [1.165, 1.54) is 0 Å². The molecule has 9 heteroatoms. The van der Waals surface area contributed by atoms with E-state index >= 15 is 0 Å². The number of hydrogen-bond acceptors (Lipinski definition) is 4. The summed E-state index contributed by atoms with van der Waals surface area (Å²) in [5, 5.41) is 7.49. The van der Waals surface area contributed by atoms with Crippen molar-refractivity contribution in [1.29, 1.82) is 0 Å². The zero-order valence-electron chi connectivity index (χ0n) is 16.2. The van der Waals surface area contributed by atoms with Gasteiger partial charge in [0.25, 0.3) is 5.91 Å². The van der Waals surface area contributed by atoms with Crippen molar-refractivity contribution in [2.75, 3.05) is 26.3 Å². The van der Waals surface area contributed by atoms with Crippen molar-refractivity contribution in [2.24, 2.45) is 0 Å². The summed E-state index contributed by atoms with van der Waals surface area (Å²) in [5.41, 5.74) is 6.46. The van der Waals surface area contributed by atoms with Crippen LogP contribution in [0.2, 0.25) is 10.0 Å². The molecule has 0 atom stereocenters. The SMILES string of the molecule is Cc1c(C(=O)NN2CCOCC2)nn(-c2ccc(Cl)cc2Cl)c1-c1ccc([123I])cc1. The van der Waals surface area contributed by atoms with E-state index in [2.05, 4.69) is 33.1 Å². The molecule has 1 N–H and O–H groups in total. The fourth-order valence-electron chi connectivity index (χ4n) is 3.36. The average Bonchev–Trinajstić information content (AvgIpc) is 3.06. The maximum Gasteiger partial charge on any atom is 0.286 e. The maximum atomic E-state index is 13.0. The zero-order chi connectivity index (χ0) is 21.3. The minimum atomic E-state index is -0.259. The fourth-order valence-corrected chi connectivity index (χ4v) is 4.21. The third-order valence-electron chi connectivity index (χ3n) is 4.86. The van der Waals surface area contributed by atoms with E-state index in [0.29, 0.717) is 47.7 Å². The highest BCUT2D eigenvalue weighted by Gasteiger charge is 2.24. The minimum absolute atomic E-state index is 0.259. The zero-order valence-corrected chi connectivity index (χ0v) is 19.8. The number of rotatable bonds is 4. The van der Waals surface area contributed by atoms with Crippen LogP contribution in [-0.4, -0.2) is 47.0 Å². The molecule has 156 valence electrons. The Labute approximate surface area is 198 Å². The molecule has 1 saturated heterocycles. The number of nitrogens with zero attached hydrogens (tertiary/aromatic N) is 3. The topological polar surface area (TPSA) is 59.4 Å². The van der Waals surface area contributed by atoms with Gasteiger partial charge in [-0.2, -0.15) is 5.10 Å². The van der Waals surface area contributed by atoms with Gasteiger partial charge in [0, 0.05) is 32.8 Å². The lowest BCUT2D eigenvalue weighted by molar-refractivity contribution is 0.0124. The Morgan fingerprint density at radius 2 is 1.83 bits per heavy atom. The molecule has 6 nitrogen and oxygen atoms in total. The molecular weight excluding hydrogens is 534 g/mol. The summed E-state index contributed by atoms with van der Waals surface area (Å²) in [6.07, 6.45) is 0. The normalized spacial score (nSPS) is 14.7. The van der Waals surface area contributed by atoms with Crippen molar-refractivity contribution < 1.29 is 9.53 Å². The summed E-state index contributed by atoms with van der Waals surface area (Å²) in [4.78, 5) is 13.0. The number of hydrogen-bond donors (Lipinski definition) is 1. The Balaban J connectivity index is 1.80. The number of hydrazine groups is 1. The quantitative estimate of drug-likeness (QED) is 0.475. The van der Waals surface area contributed by atoms with Crippen LogP contribution in [0.4, 0.5) is 0 Å². The molecule has 0 spiro atoms. The molecule has 0 aliphatic carbocycles. The van der Waals surface area contributed by atoms with Gasteiger partial charge >= 0.3 is 0 Å². The molecule has 2 heterocycles. The number of carbonyl (C=O) groups is 1. The van der Waals surface area contributed by atoms with E-state index in [0.717, 1.165) is 20.4 Å².